The van der Waals surface area contributed by atoms with Gasteiger partial charge in [-0.1, -0.05) is 127 Å². The van der Waals surface area contributed by atoms with Gasteiger partial charge in [0.05, 0.1) is 62.4 Å². The Bertz CT molecular complexity index is 4150. The Hall–Kier alpha value is -6.91. The topological polar surface area (TPSA) is 41.9 Å². The van der Waals surface area contributed by atoms with Crippen LogP contribution in [0.1, 0.15) is 28.8 Å². The maximum atomic E-state index is 10.4. The van der Waals surface area contributed by atoms with Gasteiger partial charge in [0.1, 0.15) is 0 Å². The van der Waals surface area contributed by atoms with Crippen molar-refractivity contribution < 1.29 is 28.8 Å². The lowest BCUT2D eigenvalue weighted by Crippen LogP contribution is -2.10. The van der Waals surface area contributed by atoms with Gasteiger partial charge in [-0.3, -0.25) is 4.98 Å². The lowest BCUT2D eigenvalue weighted by molar-refractivity contribution is 1.30. The molecule has 0 bridgehead atoms. The normalized spacial score (nSPS) is 17.3. The van der Waals surface area contributed by atoms with Crippen molar-refractivity contribution in [3.05, 3.63) is 182 Å². The van der Waals surface area contributed by atoms with E-state index in [0.717, 1.165) is 29.2 Å². The highest BCUT2D eigenvalue weighted by molar-refractivity contribution is 6.28. The van der Waals surface area contributed by atoms with E-state index in [9.17, 15) is 9.60 Å². The molecule has 0 fully saturated rings. The summed E-state index contributed by atoms with van der Waals surface area (Å²) in [7, 11) is 0. The molecule has 3 heterocycles. The highest BCUT2D eigenvalue weighted by Crippen LogP contribution is 2.47. The monoisotopic (exact) mass is 671 g/mol. The Morgan fingerprint density at radius 3 is 2.33 bits per heavy atom. The number of pyridine rings is 3. The van der Waals surface area contributed by atoms with Crippen molar-refractivity contribution in [3.63, 3.8) is 0 Å². The summed E-state index contributed by atoms with van der Waals surface area (Å²) in [5.41, 5.74) is -3.84. The van der Waals surface area contributed by atoms with Crippen LogP contribution in [0.5, 0.6) is 0 Å². The largest absolute Gasteiger partial charge is 0.310 e. The van der Waals surface area contributed by atoms with Crippen molar-refractivity contribution in [2.45, 2.75) is 0 Å². The number of hydrogen-bond acceptors (Lipinski definition) is 4. The number of fused-ring (bicyclic) bond motifs is 8. The van der Waals surface area contributed by atoms with Gasteiger partial charge in [-0.2, -0.15) is 0 Å². The summed E-state index contributed by atoms with van der Waals surface area (Å²) in [6.45, 7) is 0. The van der Waals surface area contributed by atoms with Gasteiger partial charge < -0.3 is 4.90 Å². The maximum Gasteiger partial charge on any atom is 0.0972 e. The van der Waals surface area contributed by atoms with Crippen LogP contribution >= 0.6 is 0 Å². The van der Waals surface area contributed by atoms with Gasteiger partial charge in [-0.05, 0) is 53.8 Å². The van der Waals surface area contributed by atoms with E-state index >= 15 is 0 Å². The first kappa shape index (κ1) is 14.9. The van der Waals surface area contributed by atoms with Gasteiger partial charge in [0.15, 0.2) is 0 Å². The number of nitrogens with zero attached hydrogens (tertiary/aromatic N) is 4. The molecule has 10 rings (SSSR count). The summed E-state index contributed by atoms with van der Waals surface area (Å²) in [5, 5.41) is -2.16. The van der Waals surface area contributed by atoms with Crippen LogP contribution in [0.4, 0.5) is 17.1 Å². The first-order valence-corrected chi connectivity index (χ1v) is 15.5. The standard InChI is InChI=1S/C47H30N4/c1-4-14-31(15-5-1)45-39-30-42(51(34-17-6-2-7-18-34)35-19-8-3-9-20-35)36-21-10-11-22-37(36)43(39)44-38(23-12-24-41(44)50-45)40-28-27-33-26-25-32-16-13-29-48-46(32)47(33)49-40/h1-30H/i1D,2D,3D,4D,6D,8D,10D,11D,12D,14D,15D,17D,20D,21D,22D,23D,24D,26D,27D,28D,30D. The Labute approximate surface area is 324 Å². The molecule has 0 radical (unpaired) electrons. The van der Waals surface area contributed by atoms with Crippen LogP contribution in [0, 0.1) is 0 Å². The van der Waals surface area contributed by atoms with Crippen LogP contribution in [-0.4, -0.2) is 15.0 Å². The molecule has 238 valence electrons. The predicted molar refractivity (Wildman–Crippen MR) is 213 cm³/mol. The Balaban J connectivity index is 1.57. The molecule has 0 spiro atoms. The highest BCUT2D eigenvalue weighted by Gasteiger charge is 2.22. The molecule has 0 N–H and O–H groups in total. The number of hydrogen-bond donors (Lipinski definition) is 0. The van der Waals surface area contributed by atoms with E-state index in [1.54, 1.807) is 12.1 Å². The van der Waals surface area contributed by atoms with Crippen LogP contribution in [0.15, 0.2) is 182 Å². The molecule has 4 nitrogen and oxygen atoms in total. The molecule has 0 saturated carbocycles. The van der Waals surface area contributed by atoms with E-state index in [2.05, 4.69) is 4.98 Å². The van der Waals surface area contributed by atoms with Gasteiger partial charge >= 0.3 is 0 Å². The fourth-order valence-corrected chi connectivity index (χ4v) is 6.19. The third-order valence-corrected chi connectivity index (χ3v) is 8.33. The molecule has 0 amide bonds. The summed E-state index contributed by atoms with van der Waals surface area (Å²) >= 11 is 0. The summed E-state index contributed by atoms with van der Waals surface area (Å²) < 4.78 is 191. The molecule has 0 aliphatic carbocycles. The number of rotatable bonds is 5. The number of para-hydroxylation sites is 2. The Kier molecular flexibility index (Phi) is 3.48. The molecule has 3 aromatic heterocycles. The van der Waals surface area contributed by atoms with Gasteiger partial charge in [0, 0.05) is 61.0 Å². The fourth-order valence-electron chi connectivity index (χ4n) is 6.19. The quantitative estimate of drug-likeness (QED) is 0.171. The Morgan fingerprint density at radius 1 is 0.510 bits per heavy atom. The summed E-state index contributed by atoms with van der Waals surface area (Å²) in [5.74, 6) is 0. The molecule has 51 heavy (non-hydrogen) atoms. The predicted octanol–water partition coefficient (Wildman–Crippen LogP) is 12.4. The molecular formula is C47H30N4. The summed E-state index contributed by atoms with van der Waals surface area (Å²) in [6, 6.07) is -4.03. The first-order chi connectivity index (χ1) is 34.0. The lowest BCUT2D eigenvalue weighted by Gasteiger charge is -2.28. The SMILES string of the molecule is [2H]c1cc([2H])c(N(c2ccc([2H])c([2H])c2[2H])c2c([2H])c3c(-c4c([2H])cc([2H])c([2H])c4[2H])nc4c([2H])c([2H])c([2H])c(-c5nc6c(c([2H])cc7cccnc76)c([2H])c5[2H])c4c3c3c([2H])c([2H])c([2H])c([2H])c23)cc1[2H]. The van der Waals surface area contributed by atoms with Crippen LogP contribution in [0.2, 0.25) is 0 Å². The minimum atomic E-state index is -0.874. The van der Waals surface area contributed by atoms with E-state index in [4.69, 9.17) is 29.2 Å². The third kappa shape index (κ3) is 4.80. The summed E-state index contributed by atoms with van der Waals surface area (Å²) in [4.78, 5) is 14.9. The molecular weight excluding hydrogens is 621 g/mol. The molecule has 0 unspecified atom stereocenters. The van der Waals surface area contributed by atoms with E-state index < -0.39 is 181 Å². The molecule has 10 aromatic rings. The number of benzene rings is 7. The average molecular weight is 672 g/mol. The second kappa shape index (κ2) is 11.9. The van der Waals surface area contributed by atoms with Gasteiger partial charge in [0.25, 0.3) is 0 Å². The minimum Gasteiger partial charge on any atom is -0.310 e. The molecule has 0 aliphatic heterocycles. The van der Waals surface area contributed by atoms with E-state index in [-0.39, 0.29) is 33.8 Å². The highest BCUT2D eigenvalue weighted by atomic mass is 15.1. The number of aromatic nitrogens is 3. The molecule has 0 saturated heterocycles. The van der Waals surface area contributed by atoms with E-state index in [1.807, 2.05) is 0 Å². The van der Waals surface area contributed by atoms with E-state index in [0.29, 0.717) is 5.39 Å². The maximum absolute atomic E-state index is 10.4. The van der Waals surface area contributed by atoms with Crippen molar-refractivity contribution in [3.8, 4) is 22.5 Å². The summed E-state index contributed by atoms with van der Waals surface area (Å²) in [6.07, 6.45) is 1.43. The molecule has 0 aliphatic rings. The molecule has 0 atom stereocenters. The zero-order valence-corrected chi connectivity index (χ0v) is 26.0. The lowest BCUT2D eigenvalue weighted by atomic mass is 9.91. The van der Waals surface area contributed by atoms with Crippen LogP contribution in [-0.2, 0) is 0 Å². The van der Waals surface area contributed by atoms with Crippen molar-refractivity contribution in [1.29, 1.82) is 0 Å². The molecule has 7 aromatic carbocycles. The van der Waals surface area contributed by atoms with Crippen LogP contribution in [0.25, 0.3) is 76.8 Å². The second-order valence-corrected chi connectivity index (χ2v) is 11.2. The van der Waals surface area contributed by atoms with Gasteiger partial charge in [-0.15, -0.1) is 0 Å². The minimum absolute atomic E-state index is 0.0728. The smallest absolute Gasteiger partial charge is 0.0972 e. The second-order valence-electron chi connectivity index (χ2n) is 11.2. The van der Waals surface area contributed by atoms with Gasteiger partial charge in [-0.25, -0.2) is 9.97 Å². The Morgan fingerprint density at radius 2 is 1.35 bits per heavy atom. The average Bonchev–Trinajstić information content (AvgIpc) is 3.34. The van der Waals surface area contributed by atoms with E-state index in [1.165, 1.54) is 18.3 Å². The van der Waals surface area contributed by atoms with Crippen molar-refractivity contribution in [2.75, 3.05) is 4.90 Å². The van der Waals surface area contributed by atoms with Crippen LogP contribution in [0.3, 0.4) is 0 Å². The zero-order chi connectivity index (χ0) is 52.0. The van der Waals surface area contributed by atoms with Crippen molar-refractivity contribution >= 4 is 71.3 Å². The first-order valence-electron chi connectivity index (χ1n) is 26.0. The van der Waals surface area contributed by atoms with Gasteiger partial charge in [0.2, 0.25) is 0 Å². The fraction of sp³-hybridized carbons (Fsp3) is 0. The van der Waals surface area contributed by atoms with Crippen molar-refractivity contribution in [2.24, 2.45) is 0 Å². The third-order valence-electron chi connectivity index (χ3n) is 8.33. The molecule has 4 heteroatoms. The van der Waals surface area contributed by atoms with Crippen LogP contribution < -0.4 is 4.90 Å². The number of anilines is 3. The van der Waals surface area contributed by atoms with Crippen molar-refractivity contribution in [1.82, 2.24) is 15.0 Å². The zero-order valence-electron chi connectivity index (χ0n) is 47.0.